The molecule has 6 heteroatoms. The van der Waals surface area contributed by atoms with E-state index in [9.17, 15) is 9.59 Å². The van der Waals surface area contributed by atoms with Gasteiger partial charge in [-0.3, -0.25) is 9.59 Å². The smallest absolute Gasteiger partial charge is 0.283 e. The first-order valence-corrected chi connectivity index (χ1v) is 9.36. The SMILES string of the molecule is Cc1cccc(NC2=C(Cl)C(=O)N(c3ccc(Oc4ccccc4)cc3)C2=O)c1. The van der Waals surface area contributed by atoms with Crippen molar-refractivity contribution in [1.82, 2.24) is 0 Å². The number of amides is 2. The first-order chi connectivity index (χ1) is 14.0. The maximum absolute atomic E-state index is 12.9. The lowest BCUT2D eigenvalue weighted by Gasteiger charge is -2.16. The zero-order valence-corrected chi connectivity index (χ0v) is 16.3. The first-order valence-electron chi connectivity index (χ1n) is 8.98. The average Bonchev–Trinajstić information content (AvgIpc) is 2.93. The number of ether oxygens (including phenoxy) is 1. The Balaban J connectivity index is 1.53. The Labute approximate surface area is 173 Å². The number of rotatable bonds is 5. The number of nitrogens with one attached hydrogen (secondary N) is 1. The van der Waals surface area contributed by atoms with Crippen LogP contribution < -0.4 is 15.0 Å². The molecule has 3 aromatic rings. The van der Waals surface area contributed by atoms with Gasteiger partial charge in [-0.05, 0) is 61.0 Å². The van der Waals surface area contributed by atoms with Crippen LogP contribution in [0.15, 0.2) is 89.6 Å². The molecule has 29 heavy (non-hydrogen) atoms. The summed E-state index contributed by atoms with van der Waals surface area (Å²) in [6, 6.07) is 23.5. The largest absolute Gasteiger partial charge is 0.457 e. The fourth-order valence-electron chi connectivity index (χ4n) is 3.00. The summed E-state index contributed by atoms with van der Waals surface area (Å²) in [5.41, 5.74) is 2.19. The molecule has 0 atom stereocenters. The summed E-state index contributed by atoms with van der Waals surface area (Å²) in [7, 11) is 0. The molecular formula is C23H17ClN2O3. The fourth-order valence-corrected chi connectivity index (χ4v) is 3.21. The lowest BCUT2D eigenvalue weighted by molar-refractivity contribution is -0.120. The Morgan fingerprint density at radius 2 is 1.52 bits per heavy atom. The molecule has 1 heterocycles. The predicted octanol–water partition coefficient (Wildman–Crippen LogP) is 5.22. The van der Waals surface area contributed by atoms with Gasteiger partial charge in [0.05, 0.1) is 5.69 Å². The van der Waals surface area contributed by atoms with Gasteiger partial charge in [0.25, 0.3) is 11.8 Å². The van der Waals surface area contributed by atoms with Gasteiger partial charge >= 0.3 is 0 Å². The summed E-state index contributed by atoms with van der Waals surface area (Å²) in [6.45, 7) is 1.94. The molecular weight excluding hydrogens is 388 g/mol. The van der Waals surface area contributed by atoms with Crippen LogP contribution in [0.1, 0.15) is 5.56 Å². The van der Waals surface area contributed by atoms with Crippen molar-refractivity contribution >= 4 is 34.8 Å². The zero-order valence-electron chi connectivity index (χ0n) is 15.6. The van der Waals surface area contributed by atoms with Crippen molar-refractivity contribution < 1.29 is 14.3 Å². The standard InChI is InChI=1S/C23H17ClN2O3/c1-15-6-5-7-16(14-15)25-21-20(24)22(27)26(23(21)28)17-10-12-19(13-11-17)29-18-8-3-2-4-9-18/h2-14,25H,1H3. The van der Waals surface area contributed by atoms with Crippen molar-refractivity contribution in [3.63, 3.8) is 0 Å². The van der Waals surface area contributed by atoms with Gasteiger partial charge in [0.15, 0.2) is 0 Å². The van der Waals surface area contributed by atoms with Crippen molar-refractivity contribution in [1.29, 1.82) is 0 Å². The highest BCUT2D eigenvalue weighted by molar-refractivity contribution is 6.53. The maximum atomic E-state index is 12.9. The van der Waals surface area contributed by atoms with Gasteiger partial charge in [0.1, 0.15) is 22.2 Å². The fraction of sp³-hybridized carbons (Fsp3) is 0.0435. The Bertz CT molecular complexity index is 1110. The number of halogens is 1. The third-order valence-corrected chi connectivity index (χ3v) is 4.74. The number of imide groups is 1. The van der Waals surface area contributed by atoms with Crippen molar-refractivity contribution in [3.05, 3.63) is 95.2 Å². The maximum Gasteiger partial charge on any atom is 0.283 e. The number of hydrogen-bond donors (Lipinski definition) is 1. The minimum Gasteiger partial charge on any atom is -0.457 e. The first kappa shape index (κ1) is 18.8. The third kappa shape index (κ3) is 3.86. The Morgan fingerprint density at radius 3 is 2.21 bits per heavy atom. The van der Waals surface area contributed by atoms with Crippen LogP contribution in [0.25, 0.3) is 0 Å². The number of carbonyl (C=O) groups excluding carboxylic acids is 2. The second kappa shape index (κ2) is 7.81. The van der Waals surface area contributed by atoms with Gasteiger partial charge in [0.2, 0.25) is 0 Å². The average molecular weight is 405 g/mol. The molecule has 4 rings (SSSR count). The molecule has 144 valence electrons. The van der Waals surface area contributed by atoms with Gasteiger partial charge in [-0.1, -0.05) is 41.9 Å². The lowest BCUT2D eigenvalue weighted by atomic mass is 10.2. The number of benzene rings is 3. The van der Waals surface area contributed by atoms with E-state index >= 15 is 0 Å². The highest BCUT2D eigenvalue weighted by atomic mass is 35.5. The molecule has 3 aromatic carbocycles. The normalized spacial score (nSPS) is 13.8. The van der Waals surface area contributed by atoms with E-state index < -0.39 is 11.8 Å². The number of aryl methyl sites for hydroxylation is 1. The van der Waals surface area contributed by atoms with E-state index in [1.165, 1.54) is 0 Å². The van der Waals surface area contributed by atoms with E-state index in [1.54, 1.807) is 30.3 Å². The van der Waals surface area contributed by atoms with Crippen molar-refractivity contribution in [2.24, 2.45) is 0 Å². The van der Waals surface area contributed by atoms with Crippen LogP contribution in [0, 0.1) is 6.92 Å². The number of nitrogens with zero attached hydrogens (tertiary/aromatic N) is 1. The minimum atomic E-state index is -0.566. The van der Waals surface area contributed by atoms with E-state index in [0.29, 0.717) is 22.9 Å². The van der Waals surface area contributed by atoms with Gasteiger partial charge in [-0.25, -0.2) is 4.90 Å². The van der Waals surface area contributed by atoms with Crippen LogP contribution >= 0.6 is 11.6 Å². The summed E-state index contributed by atoms with van der Waals surface area (Å²) in [4.78, 5) is 26.5. The van der Waals surface area contributed by atoms with Gasteiger partial charge in [0, 0.05) is 5.69 Å². The molecule has 1 N–H and O–H groups in total. The van der Waals surface area contributed by atoms with Crippen LogP contribution in [-0.4, -0.2) is 11.8 Å². The Hall–Kier alpha value is -3.57. The summed E-state index contributed by atoms with van der Waals surface area (Å²) < 4.78 is 5.74. The van der Waals surface area contributed by atoms with Crippen molar-refractivity contribution in [2.45, 2.75) is 6.92 Å². The molecule has 0 radical (unpaired) electrons. The quantitative estimate of drug-likeness (QED) is 0.592. The zero-order chi connectivity index (χ0) is 20.4. The molecule has 0 spiro atoms. The van der Waals surface area contributed by atoms with Crippen LogP contribution in [0.4, 0.5) is 11.4 Å². The van der Waals surface area contributed by atoms with Crippen LogP contribution in [0.5, 0.6) is 11.5 Å². The minimum absolute atomic E-state index is 0.0619. The van der Waals surface area contributed by atoms with Crippen LogP contribution in [0.2, 0.25) is 0 Å². The number of hydrogen-bond acceptors (Lipinski definition) is 4. The molecule has 5 nitrogen and oxygen atoms in total. The number of anilines is 2. The highest BCUT2D eigenvalue weighted by Crippen LogP contribution is 2.32. The van der Waals surface area contributed by atoms with Crippen LogP contribution in [0.3, 0.4) is 0 Å². The summed E-state index contributed by atoms with van der Waals surface area (Å²) in [6.07, 6.45) is 0. The summed E-state index contributed by atoms with van der Waals surface area (Å²) in [5, 5.41) is 2.83. The lowest BCUT2D eigenvalue weighted by Crippen LogP contribution is -2.32. The molecule has 2 amide bonds. The summed E-state index contributed by atoms with van der Waals surface area (Å²) in [5.74, 6) is 0.223. The van der Waals surface area contributed by atoms with Crippen LogP contribution in [-0.2, 0) is 9.59 Å². The monoisotopic (exact) mass is 404 g/mol. The molecule has 0 aromatic heterocycles. The second-order valence-corrected chi connectivity index (χ2v) is 6.92. The van der Waals surface area contributed by atoms with E-state index in [4.69, 9.17) is 16.3 Å². The molecule has 0 bridgehead atoms. The molecule has 0 saturated heterocycles. The molecule has 1 aliphatic heterocycles. The van der Waals surface area contributed by atoms with Gasteiger partial charge in [-0.2, -0.15) is 0 Å². The summed E-state index contributed by atoms with van der Waals surface area (Å²) >= 11 is 6.18. The second-order valence-electron chi connectivity index (χ2n) is 6.54. The molecule has 1 aliphatic rings. The van der Waals surface area contributed by atoms with Crippen molar-refractivity contribution in [2.75, 3.05) is 10.2 Å². The van der Waals surface area contributed by atoms with E-state index in [2.05, 4.69) is 5.32 Å². The Kier molecular flexibility index (Phi) is 5.06. The molecule has 0 saturated carbocycles. The van der Waals surface area contributed by atoms with E-state index in [0.717, 1.165) is 10.5 Å². The Morgan fingerprint density at radius 1 is 0.828 bits per heavy atom. The topological polar surface area (TPSA) is 58.6 Å². The number of carbonyl (C=O) groups is 2. The third-order valence-electron chi connectivity index (χ3n) is 4.39. The molecule has 0 fully saturated rings. The molecule has 0 unspecified atom stereocenters. The van der Waals surface area contributed by atoms with Crippen molar-refractivity contribution in [3.8, 4) is 11.5 Å². The number of para-hydroxylation sites is 1. The van der Waals surface area contributed by atoms with E-state index in [1.807, 2.05) is 55.5 Å². The molecule has 0 aliphatic carbocycles. The highest BCUT2D eigenvalue weighted by Gasteiger charge is 2.38. The van der Waals surface area contributed by atoms with Gasteiger partial charge in [-0.15, -0.1) is 0 Å². The van der Waals surface area contributed by atoms with E-state index in [-0.39, 0.29) is 10.7 Å². The predicted molar refractivity (Wildman–Crippen MR) is 113 cm³/mol. The van der Waals surface area contributed by atoms with Gasteiger partial charge < -0.3 is 10.1 Å².